The third kappa shape index (κ3) is 6.91. The first-order valence-corrected chi connectivity index (χ1v) is 14.3. The molecule has 0 radical (unpaired) electrons. The number of hydrogen-bond donors (Lipinski definition) is 0. The summed E-state index contributed by atoms with van der Waals surface area (Å²) in [7, 11) is -1.96. The Morgan fingerprint density at radius 1 is 1.06 bits per heavy atom. The number of benzene rings is 1. The van der Waals surface area contributed by atoms with Crippen LogP contribution < -0.4 is 0 Å². The predicted molar refractivity (Wildman–Crippen MR) is 128 cm³/mol. The van der Waals surface area contributed by atoms with Crippen LogP contribution in [0, 0.1) is 6.92 Å². The van der Waals surface area contributed by atoms with Gasteiger partial charge in [-0.05, 0) is 64.2 Å². The van der Waals surface area contributed by atoms with Crippen molar-refractivity contribution in [3.63, 3.8) is 0 Å². The number of piperidine rings is 1. The fraction of sp³-hybridized carbons (Fsp3) is 0.680. The molecule has 0 aromatic heterocycles. The van der Waals surface area contributed by atoms with Crippen LogP contribution in [0.5, 0.6) is 0 Å². The molecule has 1 aromatic carbocycles. The quantitative estimate of drug-likeness (QED) is 0.389. The number of amides is 1. The zero-order chi connectivity index (χ0) is 23.6. The Labute approximate surface area is 189 Å². The minimum absolute atomic E-state index is 0.0294. The maximum atomic E-state index is 13.1. The molecular weight excluding hydrogens is 406 g/mol. The van der Waals surface area contributed by atoms with Crippen LogP contribution in [-0.4, -0.2) is 49.4 Å². The molecule has 0 saturated carbocycles. The number of carbonyl (C=O) groups excluding carboxylic acids is 2. The average Bonchev–Trinajstić information content (AvgIpc) is 2.60. The third-order valence-corrected chi connectivity index (χ3v) is 11.0. The van der Waals surface area contributed by atoms with Gasteiger partial charge < -0.3 is 14.1 Å². The van der Waals surface area contributed by atoms with Crippen LogP contribution in [0.15, 0.2) is 24.3 Å². The number of carbonyl (C=O) groups is 2. The van der Waals surface area contributed by atoms with Crippen molar-refractivity contribution in [3.05, 3.63) is 35.4 Å². The van der Waals surface area contributed by atoms with E-state index in [2.05, 4.69) is 33.9 Å². The summed E-state index contributed by atoms with van der Waals surface area (Å²) in [6.45, 7) is 19.1. The molecule has 1 aliphatic rings. The SMILES string of the molecule is Cc1ccccc1C(=O)CC1CCC(O[Si](C)(C)C(C)(C)C)CN1C(=O)OC(C)(C)C. The lowest BCUT2D eigenvalue weighted by atomic mass is 9.93. The maximum absolute atomic E-state index is 13.1. The van der Waals surface area contributed by atoms with Crippen molar-refractivity contribution < 1.29 is 18.8 Å². The summed E-state index contributed by atoms with van der Waals surface area (Å²) in [4.78, 5) is 27.8. The van der Waals surface area contributed by atoms with Crippen molar-refractivity contribution in [2.24, 2.45) is 0 Å². The van der Waals surface area contributed by atoms with Crippen molar-refractivity contribution in [3.8, 4) is 0 Å². The summed E-state index contributed by atoms with van der Waals surface area (Å²) >= 11 is 0. The first-order valence-electron chi connectivity index (χ1n) is 11.4. The molecular formula is C25H41NO4Si. The number of hydrogen-bond acceptors (Lipinski definition) is 4. The van der Waals surface area contributed by atoms with Crippen LogP contribution in [0.25, 0.3) is 0 Å². The molecule has 2 atom stereocenters. The van der Waals surface area contributed by atoms with Gasteiger partial charge in [0.1, 0.15) is 5.60 Å². The van der Waals surface area contributed by atoms with Crippen LogP contribution in [0.3, 0.4) is 0 Å². The lowest BCUT2D eigenvalue weighted by Crippen LogP contribution is -2.54. The van der Waals surface area contributed by atoms with Gasteiger partial charge >= 0.3 is 6.09 Å². The highest BCUT2D eigenvalue weighted by molar-refractivity contribution is 6.74. The van der Waals surface area contributed by atoms with E-state index in [1.807, 2.05) is 52.0 Å². The van der Waals surface area contributed by atoms with Crippen LogP contribution in [0.2, 0.25) is 18.1 Å². The Kier molecular flexibility index (Phi) is 7.80. The summed E-state index contributed by atoms with van der Waals surface area (Å²) < 4.78 is 12.3. The van der Waals surface area contributed by atoms with Crippen molar-refractivity contribution >= 4 is 20.2 Å². The van der Waals surface area contributed by atoms with Crippen LogP contribution in [-0.2, 0) is 9.16 Å². The van der Waals surface area contributed by atoms with E-state index >= 15 is 0 Å². The molecule has 1 aromatic rings. The average molecular weight is 448 g/mol. The van der Waals surface area contributed by atoms with Gasteiger partial charge in [-0.2, -0.15) is 0 Å². The van der Waals surface area contributed by atoms with Gasteiger partial charge in [0.25, 0.3) is 0 Å². The molecule has 5 nitrogen and oxygen atoms in total. The number of nitrogens with zero attached hydrogens (tertiary/aromatic N) is 1. The minimum atomic E-state index is -1.96. The monoisotopic (exact) mass is 447 g/mol. The van der Waals surface area contributed by atoms with Crippen LogP contribution in [0.1, 0.15) is 76.7 Å². The van der Waals surface area contributed by atoms with E-state index in [0.717, 1.165) is 24.0 Å². The molecule has 1 fully saturated rings. The van der Waals surface area contributed by atoms with E-state index in [1.165, 1.54) is 0 Å². The minimum Gasteiger partial charge on any atom is -0.444 e. The van der Waals surface area contributed by atoms with Crippen molar-refractivity contribution in [1.29, 1.82) is 0 Å². The Bertz CT molecular complexity index is 791. The van der Waals surface area contributed by atoms with Crippen LogP contribution in [0.4, 0.5) is 4.79 Å². The fourth-order valence-corrected chi connectivity index (χ4v) is 5.03. The molecule has 1 amide bonds. The van der Waals surface area contributed by atoms with Gasteiger partial charge in [0.2, 0.25) is 0 Å². The molecule has 0 aliphatic carbocycles. The van der Waals surface area contributed by atoms with E-state index in [-0.39, 0.29) is 29.1 Å². The van der Waals surface area contributed by atoms with Gasteiger partial charge in [0.05, 0.1) is 6.10 Å². The number of ether oxygens (including phenoxy) is 1. The van der Waals surface area contributed by atoms with E-state index in [9.17, 15) is 9.59 Å². The van der Waals surface area contributed by atoms with Gasteiger partial charge in [-0.1, -0.05) is 45.0 Å². The number of likely N-dealkylation sites (tertiary alicyclic amines) is 1. The Hall–Kier alpha value is -1.66. The number of aryl methyl sites for hydroxylation is 1. The van der Waals surface area contributed by atoms with E-state index < -0.39 is 13.9 Å². The molecule has 2 unspecified atom stereocenters. The van der Waals surface area contributed by atoms with E-state index in [4.69, 9.17) is 9.16 Å². The van der Waals surface area contributed by atoms with Gasteiger partial charge in [0.15, 0.2) is 14.1 Å². The molecule has 1 saturated heterocycles. The highest BCUT2D eigenvalue weighted by Gasteiger charge is 2.42. The topological polar surface area (TPSA) is 55.8 Å². The molecule has 2 rings (SSSR count). The van der Waals surface area contributed by atoms with Crippen molar-refractivity contribution in [1.82, 2.24) is 4.90 Å². The molecule has 1 aliphatic heterocycles. The normalized spacial score (nSPS) is 20.5. The molecule has 1 heterocycles. The van der Waals surface area contributed by atoms with Gasteiger partial charge in [-0.25, -0.2) is 4.79 Å². The fourth-order valence-electron chi connectivity index (χ4n) is 3.65. The largest absolute Gasteiger partial charge is 0.444 e. The zero-order valence-electron chi connectivity index (χ0n) is 20.9. The highest BCUT2D eigenvalue weighted by Crippen LogP contribution is 2.39. The van der Waals surface area contributed by atoms with E-state index in [0.29, 0.717) is 13.0 Å². The maximum Gasteiger partial charge on any atom is 0.410 e. The number of ketones is 1. The Morgan fingerprint density at radius 3 is 2.23 bits per heavy atom. The second-order valence-electron chi connectivity index (χ2n) is 11.3. The summed E-state index contributed by atoms with van der Waals surface area (Å²) in [5.41, 5.74) is 1.10. The highest BCUT2D eigenvalue weighted by atomic mass is 28.4. The lowest BCUT2D eigenvalue weighted by Gasteiger charge is -2.45. The van der Waals surface area contributed by atoms with Gasteiger partial charge in [-0.3, -0.25) is 4.79 Å². The molecule has 0 bridgehead atoms. The zero-order valence-corrected chi connectivity index (χ0v) is 21.9. The first kappa shape index (κ1) is 25.6. The number of Topliss-reactive ketones (excluding diaryl/α,β-unsaturated/α-hetero) is 1. The van der Waals surface area contributed by atoms with Crippen molar-refractivity contribution in [2.75, 3.05) is 6.54 Å². The second kappa shape index (κ2) is 9.45. The molecule has 6 heteroatoms. The van der Waals surface area contributed by atoms with E-state index in [1.54, 1.807) is 4.90 Å². The molecule has 0 spiro atoms. The standard InChI is InChI=1S/C25H41NO4Si/c1-18-12-10-11-13-21(18)22(27)16-19-14-15-20(30-31(8,9)25(5,6)7)17-26(19)23(28)29-24(2,3)4/h10-13,19-20H,14-17H2,1-9H3. The predicted octanol–water partition coefficient (Wildman–Crippen LogP) is 6.36. The molecule has 174 valence electrons. The van der Waals surface area contributed by atoms with Gasteiger partial charge in [-0.15, -0.1) is 0 Å². The smallest absolute Gasteiger partial charge is 0.410 e. The summed E-state index contributed by atoms with van der Waals surface area (Å²) in [6, 6.07) is 7.45. The Balaban J connectivity index is 2.20. The summed E-state index contributed by atoms with van der Waals surface area (Å²) in [5.74, 6) is 0.0698. The van der Waals surface area contributed by atoms with Crippen molar-refractivity contribution in [2.45, 2.75) is 104 Å². The second-order valence-corrected chi connectivity index (χ2v) is 16.1. The summed E-state index contributed by atoms with van der Waals surface area (Å²) in [5, 5.41) is 0.0986. The van der Waals surface area contributed by atoms with Gasteiger partial charge in [0, 0.05) is 24.6 Å². The third-order valence-electron chi connectivity index (χ3n) is 6.42. The first-order chi connectivity index (χ1) is 14.1. The molecule has 0 N–H and O–H groups in total. The molecule has 31 heavy (non-hydrogen) atoms. The summed E-state index contributed by atoms with van der Waals surface area (Å²) in [6.07, 6.45) is 1.49. The number of rotatable bonds is 5. The Morgan fingerprint density at radius 2 is 1.68 bits per heavy atom. The lowest BCUT2D eigenvalue weighted by molar-refractivity contribution is -0.0107. The van der Waals surface area contributed by atoms with Crippen LogP contribution >= 0.6 is 0 Å².